The molecule has 0 heterocycles. The van der Waals surface area contributed by atoms with E-state index in [0.29, 0.717) is 25.8 Å². The van der Waals surface area contributed by atoms with Crippen LogP contribution in [-0.4, -0.2) is 41.7 Å². The first-order valence-corrected chi connectivity index (χ1v) is 6.43. The summed E-state index contributed by atoms with van der Waals surface area (Å²) in [6, 6.07) is -0.957. The van der Waals surface area contributed by atoms with Gasteiger partial charge >= 0.3 is 12.1 Å². The van der Waals surface area contributed by atoms with Crippen molar-refractivity contribution in [3.05, 3.63) is 0 Å². The van der Waals surface area contributed by atoms with Crippen LogP contribution in [-0.2, 0) is 9.53 Å². The summed E-state index contributed by atoms with van der Waals surface area (Å²) in [4.78, 5) is 26.5. The highest BCUT2D eigenvalue weighted by atomic mass is 16.6. The summed E-state index contributed by atoms with van der Waals surface area (Å²) in [5.74, 6) is 3.92. The molecule has 0 fully saturated rings. The summed E-state index contributed by atoms with van der Waals surface area (Å²) in [5.41, 5.74) is 1.62. The van der Waals surface area contributed by atoms with Crippen LogP contribution in [0.3, 0.4) is 0 Å². The standard InChI is InChI=1S/C12H24N4O4/c1-12(2,3)20-11(19)16-9(10(17)18)6-4-5-7-14-8-15-13/h8-9H,4-7,13H2,1-3H3,(H,14,15)(H,16,19)(H,17,18)/t9-/m0/s1. The van der Waals surface area contributed by atoms with E-state index in [1.807, 2.05) is 0 Å². The first kappa shape index (κ1) is 18.2. The third-order valence-electron chi connectivity index (χ3n) is 2.18. The van der Waals surface area contributed by atoms with Gasteiger partial charge in [-0.2, -0.15) is 0 Å². The number of aliphatic carboxylic acids is 1. The van der Waals surface area contributed by atoms with Gasteiger partial charge in [0, 0.05) is 6.54 Å². The van der Waals surface area contributed by atoms with E-state index in [0.717, 1.165) is 0 Å². The third-order valence-corrected chi connectivity index (χ3v) is 2.18. The van der Waals surface area contributed by atoms with E-state index < -0.39 is 23.7 Å². The number of hydrogen-bond donors (Lipinski definition) is 4. The Bertz CT molecular complexity index is 339. The smallest absolute Gasteiger partial charge is 0.408 e. The fourth-order valence-electron chi connectivity index (χ4n) is 1.38. The van der Waals surface area contributed by atoms with Crippen LogP contribution in [0.1, 0.15) is 40.0 Å². The first-order valence-electron chi connectivity index (χ1n) is 6.43. The Kier molecular flexibility index (Phi) is 8.30. The maximum absolute atomic E-state index is 11.5. The van der Waals surface area contributed by atoms with Crippen molar-refractivity contribution < 1.29 is 19.4 Å². The molecule has 0 rings (SSSR count). The van der Waals surface area contributed by atoms with Crippen molar-refractivity contribution in [3.63, 3.8) is 0 Å². The third kappa shape index (κ3) is 10.1. The highest BCUT2D eigenvalue weighted by Crippen LogP contribution is 2.08. The topological polar surface area (TPSA) is 126 Å². The number of ether oxygens (including phenoxy) is 1. The normalized spacial score (nSPS) is 13.0. The monoisotopic (exact) mass is 288 g/mol. The molecule has 8 heteroatoms. The van der Waals surface area contributed by atoms with Crippen LogP contribution in [0.2, 0.25) is 0 Å². The van der Waals surface area contributed by atoms with Crippen LogP contribution in [0.15, 0.2) is 4.99 Å². The van der Waals surface area contributed by atoms with Gasteiger partial charge in [0.1, 0.15) is 11.6 Å². The second-order valence-corrected chi connectivity index (χ2v) is 5.23. The van der Waals surface area contributed by atoms with Gasteiger partial charge in [-0.25, -0.2) is 15.4 Å². The van der Waals surface area contributed by atoms with Gasteiger partial charge in [0.05, 0.1) is 6.34 Å². The molecule has 0 aromatic heterocycles. The van der Waals surface area contributed by atoms with Crippen LogP contribution in [0.4, 0.5) is 4.79 Å². The zero-order valence-corrected chi connectivity index (χ0v) is 12.2. The Morgan fingerprint density at radius 1 is 1.40 bits per heavy atom. The number of hydrazine groups is 1. The maximum Gasteiger partial charge on any atom is 0.408 e. The second-order valence-electron chi connectivity index (χ2n) is 5.23. The highest BCUT2D eigenvalue weighted by Gasteiger charge is 2.23. The zero-order chi connectivity index (χ0) is 15.6. The Morgan fingerprint density at radius 3 is 2.55 bits per heavy atom. The molecule has 0 aliphatic rings. The molecular weight excluding hydrogens is 264 g/mol. The SMILES string of the molecule is CC(C)(C)OC(=O)N[C@@H](CCCCN=CNN)C(=O)O. The summed E-state index contributed by atoms with van der Waals surface area (Å²) in [5, 5.41) is 11.4. The van der Waals surface area contributed by atoms with E-state index in [1.165, 1.54) is 6.34 Å². The number of rotatable bonds is 8. The number of nitrogens with zero attached hydrogens (tertiary/aromatic N) is 1. The molecule has 0 unspecified atom stereocenters. The summed E-state index contributed by atoms with van der Waals surface area (Å²) in [7, 11) is 0. The Hall–Kier alpha value is -1.83. The number of amides is 1. The van der Waals surface area contributed by atoms with Gasteiger partial charge in [0.25, 0.3) is 0 Å². The maximum atomic E-state index is 11.5. The van der Waals surface area contributed by atoms with E-state index in [-0.39, 0.29) is 0 Å². The molecule has 20 heavy (non-hydrogen) atoms. The Labute approximate surface area is 118 Å². The van der Waals surface area contributed by atoms with Crippen LogP contribution in [0, 0.1) is 0 Å². The fourth-order valence-corrected chi connectivity index (χ4v) is 1.38. The van der Waals surface area contributed by atoms with Gasteiger partial charge in [-0.1, -0.05) is 0 Å². The van der Waals surface area contributed by atoms with Crippen molar-refractivity contribution >= 4 is 18.4 Å². The predicted octanol–water partition coefficient (Wildman–Crippen LogP) is 0.626. The first-order chi connectivity index (χ1) is 9.26. The lowest BCUT2D eigenvalue weighted by Gasteiger charge is -2.21. The van der Waals surface area contributed by atoms with Gasteiger partial charge in [-0.05, 0) is 40.0 Å². The molecule has 0 bridgehead atoms. The molecule has 0 aliphatic heterocycles. The average molecular weight is 288 g/mol. The summed E-state index contributed by atoms with van der Waals surface area (Å²) >= 11 is 0. The van der Waals surface area contributed by atoms with E-state index in [2.05, 4.69) is 15.7 Å². The zero-order valence-electron chi connectivity index (χ0n) is 12.2. The Morgan fingerprint density at radius 2 is 2.05 bits per heavy atom. The van der Waals surface area contributed by atoms with Crippen LogP contribution in [0.5, 0.6) is 0 Å². The van der Waals surface area contributed by atoms with Crippen molar-refractivity contribution in [1.82, 2.24) is 10.7 Å². The second kappa shape index (κ2) is 9.13. The van der Waals surface area contributed by atoms with E-state index >= 15 is 0 Å². The summed E-state index contributed by atoms with van der Waals surface area (Å²) in [6.07, 6.45) is 2.29. The van der Waals surface area contributed by atoms with Gasteiger partial charge in [-0.15, -0.1) is 0 Å². The number of hydrogen-bond acceptors (Lipinski definition) is 5. The number of carboxylic acids is 1. The quantitative estimate of drug-likeness (QED) is 0.171. The number of carboxylic acid groups (broad SMARTS) is 1. The number of unbranched alkanes of at least 4 members (excludes halogenated alkanes) is 1. The van der Waals surface area contributed by atoms with Crippen molar-refractivity contribution in [3.8, 4) is 0 Å². The van der Waals surface area contributed by atoms with Crippen LogP contribution >= 0.6 is 0 Å². The van der Waals surface area contributed by atoms with E-state index in [1.54, 1.807) is 20.8 Å². The molecule has 0 spiro atoms. The van der Waals surface area contributed by atoms with Gasteiger partial charge in [0.2, 0.25) is 0 Å². The minimum atomic E-state index is -1.08. The fraction of sp³-hybridized carbons (Fsp3) is 0.750. The number of carbonyl (C=O) groups is 2. The minimum Gasteiger partial charge on any atom is -0.480 e. The van der Waals surface area contributed by atoms with Gasteiger partial charge in [-0.3, -0.25) is 4.99 Å². The predicted molar refractivity (Wildman–Crippen MR) is 75.3 cm³/mol. The molecule has 0 radical (unpaired) electrons. The summed E-state index contributed by atoms with van der Waals surface area (Å²) in [6.45, 7) is 5.69. The number of nitrogens with one attached hydrogen (secondary N) is 2. The van der Waals surface area contributed by atoms with Crippen LogP contribution in [0.25, 0.3) is 0 Å². The molecule has 0 saturated heterocycles. The number of alkyl carbamates (subject to hydrolysis) is 1. The van der Waals surface area contributed by atoms with Crippen molar-refractivity contribution in [2.24, 2.45) is 10.8 Å². The Balaban J connectivity index is 4.08. The van der Waals surface area contributed by atoms with Crippen molar-refractivity contribution in [2.45, 2.75) is 51.7 Å². The van der Waals surface area contributed by atoms with Gasteiger partial charge < -0.3 is 20.6 Å². The molecule has 5 N–H and O–H groups in total. The molecule has 0 saturated carbocycles. The lowest BCUT2D eigenvalue weighted by molar-refractivity contribution is -0.139. The lowest BCUT2D eigenvalue weighted by atomic mass is 10.1. The number of nitrogens with two attached hydrogens (primary N) is 1. The van der Waals surface area contributed by atoms with Crippen LogP contribution < -0.4 is 16.6 Å². The van der Waals surface area contributed by atoms with Crippen molar-refractivity contribution in [1.29, 1.82) is 0 Å². The lowest BCUT2D eigenvalue weighted by Crippen LogP contribution is -2.43. The van der Waals surface area contributed by atoms with E-state index in [9.17, 15) is 9.59 Å². The molecule has 0 aliphatic carbocycles. The molecule has 0 aromatic carbocycles. The number of aliphatic imine (C=N–C) groups is 1. The van der Waals surface area contributed by atoms with Gasteiger partial charge in [0.15, 0.2) is 0 Å². The molecule has 1 atom stereocenters. The molecule has 0 aromatic rings. The molecule has 8 nitrogen and oxygen atoms in total. The molecule has 1 amide bonds. The van der Waals surface area contributed by atoms with E-state index in [4.69, 9.17) is 15.7 Å². The number of carbonyl (C=O) groups excluding carboxylic acids is 1. The minimum absolute atomic E-state index is 0.320. The largest absolute Gasteiger partial charge is 0.480 e. The molecular formula is C12H24N4O4. The highest BCUT2D eigenvalue weighted by molar-refractivity contribution is 5.79. The van der Waals surface area contributed by atoms with Crippen molar-refractivity contribution in [2.75, 3.05) is 6.54 Å². The average Bonchev–Trinajstić information content (AvgIpc) is 2.29. The molecule has 116 valence electrons. The summed E-state index contributed by atoms with van der Waals surface area (Å²) < 4.78 is 5.02.